The number of carbonyl (C=O) groups is 1. The predicted octanol–water partition coefficient (Wildman–Crippen LogP) is 2.03. The summed E-state index contributed by atoms with van der Waals surface area (Å²) in [7, 11) is 2.20. The van der Waals surface area contributed by atoms with Crippen molar-refractivity contribution in [1.29, 1.82) is 0 Å². The van der Waals surface area contributed by atoms with Gasteiger partial charge in [0.2, 0.25) is 5.91 Å². The second-order valence-corrected chi connectivity index (χ2v) is 7.75. The SMILES string of the molecule is CN1CCSC12CCCN(C(=O)C(C)(C)C)C2. The lowest BCUT2D eigenvalue weighted by atomic mass is 9.92. The first-order valence-electron chi connectivity index (χ1n) is 6.50. The van der Waals surface area contributed by atoms with Crippen molar-refractivity contribution in [3.8, 4) is 0 Å². The van der Waals surface area contributed by atoms with Crippen molar-refractivity contribution in [3.63, 3.8) is 0 Å². The van der Waals surface area contributed by atoms with Crippen LogP contribution < -0.4 is 0 Å². The van der Waals surface area contributed by atoms with Crippen molar-refractivity contribution < 1.29 is 4.79 Å². The van der Waals surface area contributed by atoms with E-state index in [-0.39, 0.29) is 10.3 Å². The van der Waals surface area contributed by atoms with Gasteiger partial charge >= 0.3 is 0 Å². The van der Waals surface area contributed by atoms with Gasteiger partial charge in [-0.2, -0.15) is 0 Å². The van der Waals surface area contributed by atoms with Crippen LogP contribution in [0.3, 0.4) is 0 Å². The third-order valence-electron chi connectivity index (χ3n) is 3.86. The Kier molecular flexibility index (Phi) is 3.47. The summed E-state index contributed by atoms with van der Waals surface area (Å²) in [5.74, 6) is 1.51. The Bertz CT molecular complexity index is 313. The average molecular weight is 256 g/mol. The standard InChI is InChI=1S/C13H24N2OS/c1-12(2,3)11(16)15-7-5-6-13(10-15)14(4)8-9-17-13/h5-10H2,1-4H3. The maximum Gasteiger partial charge on any atom is 0.228 e. The maximum absolute atomic E-state index is 12.4. The minimum Gasteiger partial charge on any atom is -0.340 e. The lowest BCUT2D eigenvalue weighted by Crippen LogP contribution is -2.56. The second-order valence-electron chi connectivity index (χ2n) is 6.30. The summed E-state index contributed by atoms with van der Waals surface area (Å²) in [5.41, 5.74) is -0.250. The summed E-state index contributed by atoms with van der Waals surface area (Å²) in [6.07, 6.45) is 2.36. The fourth-order valence-electron chi connectivity index (χ4n) is 2.77. The van der Waals surface area contributed by atoms with Crippen LogP contribution in [0.2, 0.25) is 0 Å². The molecule has 1 amide bonds. The topological polar surface area (TPSA) is 23.6 Å². The van der Waals surface area contributed by atoms with Gasteiger partial charge in [0, 0.05) is 30.8 Å². The molecule has 17 heavy (non-hydrogen) atoms. The molecular formula is C13H24N2OS. The molecule has 3 nitrogen and oxygen atoms in total. The van der Waals surface area contributed by atoms with E-state index >= 15 is 0 Å². The highest BCUT2D eigenvalue weighted by atomic mass is 32.2. The van der Waals surface area contributed by atoms with Gasteiger partial charge in [0.25, 0.3) is 0 Å². The summed E-state index contributed by atoms with van der Waals surface area (Å²) in [4.78, 5) is 17.1. The number of piperidine rings is 1. The molecule has 0 saturated carbocycles. The van der Waals surface area contributed by atoms with Gasteiger partial charge in [-0.3, -0.25) is 9.69 Å². The molecule has 2 aliphatic rings. The Morgan fingerprint density at radius 3 is 2.53 bits per heavy atom. The minimum absolute atomic E-state index is 0.208. The monoisotopic (exact) mass is 256 g/mol. The van der Waals surface area contributed by atoms with E-state index < -0.39 is 0 Å². The molecule has 1 atom stereocenters. The third kappa shape index (κ3) is 2.48. The van der Waals surface area contributed by atoms with E-state index in [0.29, 0.717) is 5.91 Å². The maximum atomic E-state index is 12.4. The summed E-state index contributed by atoms with van der Waals surface area (Å²) < 4.78 is 0. The molecule has 0 aliphatic carbocycles. The lowest BCUT2D eigenvalue weighted by molar-refractivity contribution is -0.141. The Hall–Kier alpha value is -0.220. The van der Waals surface area contributed by atoms with Crippen LogP contribution in [0.25, 0.3) is 0 Å². The van der Waals surface area contributed by atoms with Crippen molar-refractivity contribution in [1.82, 2.24) is 9.80 Å². The summed E-state index contributed by atoms with van der Waals surface area (Å²) >= 11 is 2.04. The van der Waals surface area contributed by atoms with Gasteiger partial charge in [0.1, 0.15) is 0 Å². The number of likely N-dealkylation sites (N-methyl/N-ethyl adjacent to an activating group) is 1. The second kappa shape index (κ2) is 4.47. The van der Waals surface area contributed by atoms with Crippen LogP contribution in [0.4, 0.5) is 0 Å². The zero-order valence-electron chi connectivity index (χ0n) is 11.5. The van der Waals surface area contributed by atoms with Gasteiger partial charge in [-0.15, -0.1) is 11.8 Å². The Morgan fingerprint density at radius 1 is 1.29 bits per heavy atom. The van der Waals surface area contributed by atoms with Gasteiger partial charge in [0.05, 0.1) is 4.87 Å². The summed E-state index contributed by atoms with van der Waals surface area (Å²) in [6, 6.07) is 0. The van der Waals surface area contributed by atoms with Crippen molar-refractivity contribution in [3.05, 3.63) is 0 Å². The lowest BCUT2D eigenvalue weighted by Gasteiger charge is -2.45. The molecule has 2 fully saturated rings. The Balaban J connectivity index is 2.10. The molecule has 0 N–H and O–H groups in total. The van der Waals surface area contributed by atoms with E-state index in [2.05, 4.69) is 16.8 Å². The molecular weight excluding hydrogens is 232 g/mol. The molecule has 2 aliphatic heterocycles. The normalized spacial score (nSPS) is 31.2. The summed E-state index contributed by atoms with van der Waals surface area (Å²) in [5, 5.41) is 0. The zero-order valence-corrected chi connectivity index (χ0v) is 12.3. The molecule has 98 valence electrons. The summed E-state index contributed by atoms with van der Waals surface area (Å²) in [6.45, 7) is 9.05. The van der Waals surface area contributed by atoms with E-state index in [0.717, 1.165) is 26.1 Å². The van der Waals surface area contributed by atoms with Gasteiger partial charge in [-0.05, 0) is 19.9 Å². The first-order chi connectivity index (χ1) is 7.85. The highest BCUT2D eigenvalue weighted by Crippen LogP contribution is 2.42. The minimum atomic E-state index is -0.250. The number of nitrogens with zero attached hydrogens (tertiary/aromatic N) is 2. The van der Waals surface area contributed by atoms with E-state index in [1.165, 1.54) is 12.2 Å². The molecule has 2 saturated heterocycles. The predicted molar refractivity (Wildman–Crippen MR) is 73.1 cm³/mol. The number of thioether (sulfide) groups is 1. The smallest absolute Gasteiger partial charge is 0.228 e. The van der Waals surface area contributed by atoms with E-state index in [9.17, 15) is 4.79 Å². The van der Waals surface area contributed by atoms with Crippen LogP contribution in [0.5, 0.6) is 0 Å². The fourth-order valence-corrected chi connectivity index (χ4v) is 4.36. The van der Waals surface area contributed by atoms with Gasteiger partial charge in [-0.25, -0.2) is 0 Å². The van der Waals surface area contributed by atoms with E-state index in [1.807, 2.05) is 32.5 Å². The number of hydrogen-bond donors (Lipinski definition) is 0. The largest absolute Gasteiger partial charge is 0.340 e. The van der Waals surface area contributed by atoms with Crippen LogP contribution in [0.1, 0.15) is 33.6 Å². The molecule has 0 aromatic heterocycles. The third-order valence-corrected chi connectivity index (χ3v) is 5.42. The highest BCUT2D eigenvalue weighted by Gasteiger charge is 2.45. The Labute approximate surface area is 109 Å². The number of amides is 1. The quantitative estimate of drug-likeness (QED) is 0.662. The van der Waals surface area contributed by atoms with Gasteiger partial charge in [-0.1, -0.05) is 20.8 Å². The number of hydrogen-bond acceptors (Lipinski definition) is 3. The fraction of sp³-hybridized carbons (Fsp3) is 0.923. The Morgan fingerprint density at radius 2 is 2.00 bits per heavy atom. The zero-order chi connectivity index (χ0) is 12.7. The molecule has 0 aromatic carbocycles. The van der Waals surface area contributed by atoms with Crippen molar-refractivity contribution in [2.24, 2.45) is 5.41 Å². The van der Waals surface area contributed by atoms with Crippen molar-refractivity contribution in [2.75, 3.05) is 32.4 Å². The average Bonchev–Trinajstić information content (AvgIpc) is 2.58. The van der Waals surface area contributed by atoms with Crippen molar-refractivity contribution >= 4 is 17.7 Å². The first kappa shape index (κ1) is 13.2. The van der Waals surface area contributed by atoms with Gasteiger partial charge < -0.3 is 4.90 Å². The molecule has 0 bridgehead atoms. The molecule has 2 rings (SSSR count). The molecule has 1 unspecified atom stereocenters. The van der Waals surface area contributed by atoms with Crippen LogP contribution >= 0.6 is 11.8 Å². The number of carbonyl (C=O) groups excluding carboxylic acids is 1. The van der Waals surface area contributed by atoms with Crippen molar-refractivity contribution in [2.45, 2.75) is 38.5 Å². The number of likely N-dealkylation sites (tertiary alicyclic amines) is 1. The molecule has 4 heteroatoms. The molecule has 2 heterocycles. The van der Waals surface area contributed by atoms with Gasteiger partial charge in [0.15, 0.2) is 0 Å². The van der Waals surface area contributed by atoms with Crippen LogP contribution in [0, 0.1) is 5.41 Å². The first-order valence-corrected chi connectivity index (χ1v) is 7.48. The highest BCUT2D eigenvalue weighted by molar-refractivity contribution is 8.00. The van der Waals surface area contributed by atoms with Crippen LogP contribution in [0.15, 0.2) is 0 Å². The molecule has 1 spiro atoms. The van der Waals surface area contributed by atoms with Crippen LogP contribution in [-0.2, 0) is 4.79 Å². The molecule has 0 aromatic rings. The number of rotatable bonds is 0. The molecule has 0 radical (unpaired) electrons. The van der Waals surface area contributed by atoms with E-state index in [4.69, 9.17) is 0 Å². The van der Waals surface area contributed by atoms with Crippen LogP contribution in [-0.4, -0.2) is 53.0 Å². The van der Waals surface area contributed by atoms with E-state index in [1.54, 1.807) is 0 Å².